The number of carboxylic acid groups (broad SMARTS) is 1. The molecule has 6 nitrogen and oxygen atoms in total. The minimum atomic E-state index is -1.03. The Bertz CT molecular complexity index is 472. The molecule has 1 aromatic rings. The number of hydrogen-bond donors (Lipinski definition) is 2. The Balaban J connectivity index is 2.79. The first-order valence-electron chi connectivity index (χ1n) is 6.51. The first-order chi connectivity index (χ1) is 9.21. The molecule has 0 spiro atoms. The van der Waals surface area contributed by atoms with Gasteiger partial charge in [0.2, 0.25) is 0 Å². The number of aliphatic carboxylic acids is 1. The van der Waals surface area contributed by atoms with Crippen molar-refractivity contribution in [3.8, 4) is 0 Å². The number of ether oxygens (including phenoxy) is 1. The molecular formula is C14H21NO5. The molecule has 0 unspecified atom stereocenters. The van der Waals surface area contributed by atoms with Gasteiger partial charge in [-0.2, -0.15) is 0 Å². The fraction of sp³-hybridized carbons (Fsp3) is 0.571. The standard InChI is InChI=1S/C14H21NO5/c1-5-9-6-7-11(19-9)10(8-12(16)17)15-13(18)20-14(2,3)4/h6-7,10H,5,8H2,1-4H3,(H,15,18)(H,16,17)/t10-/m0/s1. The molecule has 112 valence electrons. The van der Waals surface area contributed by atoms with Crippen molar-refractivity contribution in [2.24, 2.45) is 0 Å². The molecule has 1 atom stereocenters. The average molecular weight is 283 g/mol. The minimum absolute atomic E-state index is 0.268. The number of rotatable bonds is 5. The molecule has 6 heteroatoms. The van der Waals surface area contributed by atoms with Crippen molar-refractivity contribution in [2.45, 2.75) is 52.2 Å². The van der Waals surface area contributed by atoms with Crippen LogP contribution in [0.1, 0.15) is 51.7 Å². The minimum Gasteiger partial charge on any atom is -0.481 e. The Kier molecular flexibility index (Phi) is 5.19. The average Bonchev–Trinajstić information content (AvgIpc) is 2.73. The van der Waals surface area contributed by atoms with Crippen molar-refractivity contribution >= 4 is 12.1 Å². The molecule has 1 rings (SSSR count). The van der Waals surface area contributed by atoms with Crippen LogP contribution < -0.4 is 5.32 Å². The highest BCUT2D eigenvalue weighted by atomic mass is 16.6. The molecule has 1 aromatic heterocycles. The molecule has 0 saturated heterocycles. The van der Waals surface area contributed by atoms with E-state index in [1.165, 1.54) is 0 Å². The summed E-state index contributed by atoms with van der Waals surface area (Å²) in [4.78, 5) is 22.6. The largest absolute Gasteiger partial charge is 0.481 e. The second-order valence-corrected chi connectivity index (χ2v) is 5.45. The van der Waals surface area contributed by atoms with Gasteiger partial charge in [0.1, 0.15) is 23.2 Å². The van der Waals surface area contributed by atoms with E-state index in [9.17, 15) is 9.59 Å². The molecule has 0 fully saturated rings. The second-order valence-electron chi connectivity index (χ2n) is 5.45. The van der Waals surface area contributed by atoms with Crippen LogP contribution in [0.4, 0.5) is 4.79 Å². The van der Waals surface area contributed by atoms with Crippen LogP contribution in [0, 0.1) is 0 Å². The molecule has 0 aliphatic carbocycles. The SMILES string of the molecule is CCc1ccc([C@H](CC(=O)O)NC(=O)OC(C)(C)C)o1. The Hall–Kier alpha value is -1.98. The summed E-state index contributed by atoms with van der Waals surface area (Å²) in [6.45, 7) is 7.14. The van der Waals surface area contributed by atoms with Crippen LogP contribution in [0.15, 0.2) is 16.5 Å². The summed E-state index contributed by atoms with van der Waals surface area (Å²) in [5.74, 6) is 0.122. The predicted molar refractivity (Wildman–Crippen MR) is 72.4 cm³/mol. The summed E-state index contributed by atoms with van der Waals surface area (Å²) in [5.41, 5.74) is -0.643. The fourth-order valence-corrected chi connectivity index (χ4v) is 1.62. The number of aryl methyl sites for hydroxylation is 1. The maximum Gasteiger partial charge on any atom is 0.408 e. The van der Waals surface area contributed by atoms with Crippen LogP contribution >= 0.6 is 0 Å². The molecule has 0 aromatic carbocycles. The number of amides is 1. The van der Waals surface area contributed by atoms with E-state index in [2.05, 4.69) is 5.32 Å². The van der Waals surface area contributed by atoms with Crippen LogP contribution in [0.2, 0.25) is 0 Å². The van der Waals surface area contributed by atoms with Gasteiger partial charge in [0.25, 0.3) is 0 Å². The second kappa shape index (κ2) is 6.45. The van der Waals surface area contributed by atoms with Gasteiger partial charge in [-0.25, -0.2) is 4.79 Å². The first kappa shape index (κ1) is 16.1. The van der Waals surface area contributed by atoms with Gasteiger partial charge in [-0.3, -0.25) is 4.79 Å². The highest BCUT2D eigenvalue weighted by molar-refractivity contribution is 5.71. The van der Waals surface area contributed by atoms with Crippen molar-refractivity contribution in [3.05, 3.63) is 23.7 Å². The third-order valence-electron chi connectivity index (χ3n) is 2.44. The lowest BCUT2D eigenvalue weighted by atomic mass is 10.1. The summed E-state index contributed by atoms with van der Waals surface area (Å²) in [6.07, 6.45) is -0.236. The van der Waals surface area contributed by atoms with Gasteiger partial charge in [0.05, 0.1) is 6.42 Å². The highest BCUT2D eigenvalue weighted by Crippen LogP contribution is 2.21. The van der Waals surface area contributed by atoms with Crippen LogP contribution in [0.3, 0.4) is 0 Å². The number of carbonyl (C=O) groups excluding carboxylic acids is 1. The van der Waals surface area contributed by atoms with Gasteiger partial charge >= 0.3 is 12.1 Å². The van der Waals surface area contributed by atoms with Gasteiger partial charge in [-0.1, -0.05) is 6.92 Å². The molecule has 1 amide bonds. The van der Waals surface area contributed by atoms with Crippen molar-refractivity contribution < 1.29 is 23.8 Å². The smallest absolute Gasteiger partial charge is 0.408 e. The Labute approximate surface area is 118 Å². The van der Waals surface area contributed by atoms with Crippen LogP contribution in [0.5, 0.6) is 0 Å². The normalized spacial score (nSPS) is 12.8. The van der Waals surface area contributed by atoms with Gasteiger partial charge in [0.15, 0.2) is 0 Å². The summed E-state index contributed by atoms with van der Waals surface area (Å²) in [7, 11) is 0. The van der Waals surface area contributed by atoms with Gasteiger partial charge in [0, 0.05) is 6.42 Å². The summed E-state index contributed by atoms with van der Waals surface area (Å²) < 4.78 is 10.6. The van der Waals surface area contributed by atoms with Gasteiger partial charge in [-0.15, -0.1) is 0 Å². The molecule has 2 N–H and O–H groups in total. The topological polar surface area (TPSA) is 88.8 Å². The van der Waals surface area contributed by atoms with Gasteiger partial charge < -0.3 is 19.6 Å². The quantitative estimate of drug-likeness (QED) is 0.867. The van der Waals surface area contributed by atoms with E-state index < -0.39 is 23.7 Å². The highest BCUT2D eigenvalue weighted by Gasteiger charge is 2.24. The predicted octanol–water partition coefficient (Wildman–Crippen LogP) is 2.88. The zero-order valence-electron chi connectivity index (χ0n) is 12.2. The number of alkyl carbamates (subject to hydrolysis) is 1. The van der Waals surface area contributed by atoms with Crippen LogP contribution in [0.25, 0.3) is 0 Å². The monoisotopic (exact) mass is 283 g/mol. The van der Waals surface area contributed by atoms with Crippen molar-refractivity contribution in [1.29, 1.82) is 0 Å². The Morgan fingerprint density at radius 2 is 2.05 bits per heavy atom. The summed E-state index contributed by atoms with van der Waals surface area (Å²) in [5, 5.41) is 11.4. The number of carbonyl (C=O) groups is 2. The van der Waals surface area contributed by atoms with Gasteiger partial charge in [-0.05, 0) is 32.9 Å². The summed E-state index contributed by atoms with van der Waals surface area (Å²) >= 11 is 0. The van der Waals surface area contributed by atoms with E-state index in [4.69, 9.17) is 14.3 Å². The van der Waals surface area contributed by atoms with E-state index in [1.807, 2.05) is 6.92 Å². The number of nitrogens with one attached hydrogen (secondary N) is 1. The van der Waals surface area contributed by atoms with Crippen molar-refractivity contribution in [2.75, 3.05) is 0 Å². The molecule has 0 saturated carbocycles. The number of furan rings is 1. The van der Waals surface area contributed by atoms with Crippen molar-refractivity contribution in [1.82, 2.24) is 5.32 Å². The third-order valence-corrected chi connectivity index (χ3v) is 2.44. The lowest BCUT2D eigenvalue weighted by Crippen LogP contribution is -2.35. The molecule has 0 aliphatic heterocycles. The lowest BCUT2D eigenvalue weighted by molar-refractivity contribution is -0.137. The van der Waals surface area contributed by atoms with Crippen molar-refractivity contribution in [3.63, 3.8) is 0 Å². The molecular weight excluding hydrogens is 262 g/mol. The molecule has 0 aliphatic rings. The first-order valence-corrected chi connectivity index (χ1v) is 6.51. The molecule has 1 heterocycles. The van der Waals surface area contributed by atoms with Crippen LogP contribution in [-0.2, 0) is 16.0 Å². The zero-order valence-corrected chi connectivity index (χ0v) is 12.2. The molecule has 0 bridgehead atoms. The maximum absolute atomic E-state index is 11.7. The number of hydrogen-bond acceptors (Lipinski definition) is 4. The van der Waals surface area contributed by atoms with E-state index >= 15 is 0 Å². The van der Waals surface area contributed by atoms with E-state index in [-0.39, 0.29) is 6.42 Å². The maximum atomic E-state index is 11.7. The molecule has 0 radical (unpaired) electrons. The summed E-state index contributed by atoms with van der Waals surface area (Å²) in [6, 6.07) is 2.69. The fourth-order valence-electron chi connectivity index (χ4n) is 1.62. The lowest BCUT2D eigenvalue weighted by Gasteiger charge is -2.22. The zero-order chi connectivity index (χ0) is 15.3. The molecule has 20 heavy (non-hydrogen) atoms. The van der Waals surface area contributed by atoms with E-state index in [1.54, 1.807) is 32.9 Å². The van der Waals surface area contributed by atoms with Crippen LogP contribution in [-0.4, -0.2) is 22.8 Å². The van der Waals surface area contributed by atoms with E-state index in [0.29, 0.717) is 12.2 Å². The third kappa shape index (κ3) is 5.34. The Morgan fingerprint density at radius 1 is 1.40 bits per heavy atom. The Morgan fingerprint density at radius 3 is 2.50 bits per heavy atom. The number of carboxylic acids is 1. The van der Waals surface area contributed by atoms with E-state index in [0.717, 1.165) is 5.76 Å².